The van der Waals surface area contributed by atoms with Crippen LogP contribution in [0, 0.1) is 5.41 Å². The first-order valence-electron chi connectivity index (χ1n) is 11.6. The average molecular weight is 401 g/mol. The molecule has 5 N–H and O–H groups in total. The number of amides is 1. The molecule has 5 heteroatoms. The van der Waals surface area contributed by atoms with Crippen LogP contribution in [-0.2, 0) is 4.79 Å². The molecule has 0 aromatic carbocycles. The van der Waals surface area contributed by atoms with Crippen molar-refractivity contribution in [2.24, 2.45) is 11.1 Å². The molecule has 0 saturated carbocycles. The largest absolute Gasteiger partial charge is 0.390 e. The minimum absolute atomic E-state index is 0.110. The number of aliphatic hydroxyl groups is 2. The fourth-order valence-corrected chi connectivity index (χ4v) is 3.30. The summed E-state index contributed by atoms with van der Waals surface area (Å²) in [5, 5.41) is 23.3. The van der Waals surface area contributed by atoms with Crippen LogP contribution in [0.5, 0.6) is 0 Å². The van der Waals surface area contributed by atoms with Crippen LogP contribution < -0.4 is 11.1 Å². The monoisotopic (exact) mass is 400 g/mol. The molecular formula is C23H48N2O3. The van der Waals surface area contributed by atoms with Gasteiger partial charge in [-0.2, -0.15) is 0 Å². The first-order chi connectivity index (χ1) is 13.2. The molecule has 0 radical (unpaired) electrons. The molecule has 3 atom stereocenters. The highest BCUT2D eigenvalue weighted by atomic mass is 16.3. The lowest BCUT2D eigenvalue weighted by molar-refractivity contribution is -0.130. The smallest absolute Gasteiger partial charge is 0.225 e. The molecule has 0 aliphatic heterocycles. The molecule has 28 heavy (non-hydrogen) atoms. The van der Waals surface area contributed by atoms with E-state index >= 15 is 0 Å². The predicted molar refractivity (Wildman–Crippen MR) is 118 cm³/mol. The summed E-state index contributed by atoms with van der Waals surface area (Å²) in [5.41, 5.74) is 5.14. The number of carbonyl (C=O) groups is 1. The highest BCUT2D eigenvalue weighted by molar-refractivity contribution is 5.81. The third-order valence-electron chi connectivity index (χ3n) is 5.41. The van der Waals surface area contributed by atoms with E-state index in [1.807, 2.05) is 20.8 Å². The summed E-state index contributed by atoms with van der Waals surface area (Å²) >= 11 is 0. The fraction of sp³-hybridized carbons (Fsp3) is 0.957. The molecule has 0 unspecified atom stereocenters. The van der Waals surface area contributed by atoms with Gasteiger partial charge in [-0.05, 0) is 6.42 Å². The Morgan fingerprint density at radius 1 is 0.857 bits per heavy atom. The Labute approximate surface area is 173 Å². The summed E-state index contributed by atoms with van der Waals surface area (Å²) in [4.78, 5) is 12.1. The van der Waals surface area contributed by atoms with Crippen LogP contribution in [-0.4, -0.2) is 40.9 Å². The van der Waals surface area contributed by atoms with Crippen LogP contribution in [0.25, 0.3) is 0 Å². The summed E-state index contributed by atoms with van der Waals surface area (Å²) in [5.74, 6) is -0.167. The predicted octanol–water partition coefficient (Wildman–Crippen LogP) is 4.29. The van der Waals surface area contributed by atoms with Gasteiger partial charge in [0, 0.05) is 12.0 Å². The molecule has 0 heterocycles. The Balaban J connectivity index is 3.78. The van der Waals surface area contributed by atoms with E-state index < -0.39 is 23.7 Å². The lowest BCUT2D eigenvalue weighted by Gasteiger charge is -2.29. The highest BCUT2D eigenvalue weighted by Gasteiger charge is 2.30. The van der Waals surface area contributed by atoms with E-state index in [1.165, 1.54) is 64.2 Å². The molecule has 0 saturated heterocycles. The number of carbonyl (C=O) groups excluding carboxylic acids is 1. The van der Waals surface area contributed by atoms with Crippen LogP contribution >= 0.6 is 0 Å². The number of nitrogens with two attached hydrogens (primary N) is 1. The van der Waals surface area contributed by atoms with Gasteiger partial charge in [0.15, 0.2) is 0 Å². The van der Waals surface area contributed by atoms with Crippen LogP contribution in [0.2, 0.25) is 0 Å². The standard InChI is InChI=1S/C23H48N2O3/c1-5-6-7-8-9-10-11-12-13-14-15-16-17-20(26)21(27)19(18-24)25-22(28)23(2,3)4/h19-21,26-27H,5-18,24H2,1-4H3,(H,25,28)/t19-,20-,21+/m0/s1. The van der Waals surface area contributed by atoms with E-state index in [0.717, 1.165) is 12.8 Å². The second-order valence-corrected chi connectivity index (χ2v) is 9.30. The van der Waals surface area contributed by atoms with Gasteiger partial charge in [-0.25, -0.2) is 0 Å². The molecular weight excluding hydrogens is 352 g/mol. The maximum Gasteiger partial charge on any atom is 0.225 e. The third-order valence-corrected chi connectivity index (χ3v) is 5.41. The van der Waals surface area contributed by atoms with Crippen LogP contribution in [0.15, 0.2) is 0 Å². The second kappa shape index (κ2) is 16.2. The van der Waals surface area contributed by atoms with Gasteiger partial charge in [0.05, 0.1) is 12.1 Å². The minimum atomic E-state index is -1.02. The van der Waals surface area contributed by atoms with Crippen molar-refractivity contribution in [2.45, 2.75) is 129 Å². The number of hydrogen-bond donors (Lipinski definition) is 4. The molecule has 0 spiro atoms. The van der Waals surface area contributed by atoms with Gasteiger partial charge in [-0.3, -0.25) is 4.79 Å². The summed E-state index contributed by atoms with van der Waals surface area (Å²) < 4.78 is 0. The molecule has 0 aliphatic carbocycles. The molecule has 0 aromatic rings. The summed E-state index contributed by atoms with van der Waals surface area (Å²) in [7, 11) is 0. The molecule has 0 fully saturated rings. The normalized spacial score (nSPS) is 15.2. The molecule has 0 bridgehead atoms. The Hall–Kier alpha value is -0.650. The van der Waals surface area contributed by atoms with E-state index in [1.54, 1.807) is 0 Å². The van der Waals surface area contributed by atoms with Gasteiger partial charge in [-0.15, -0.1) is 0 Å². The van der Waals surface area contributed by atoms with Crippen molar-refractivity contribution in [2.75, 3.05) is 6.54 Å². The number of nitrogens with one attached hydrogen (secondary N) is 1. The van der Waals surface area contributed by atoms with E-state index in [0.29, 0.717) is 6.42 Å². The molecule has 1 amide bonds. The maximum atomic E-state index is 12.1. The number of unbranched alkanes of at least 4 members (excludes halogenated alkanes) is 11. The molecule has 0 aliphatic rings. The van der Waals surface area contributed by atoms with Crippen LogP contribution in [0.1, 0.15) is 111 Å². The number of aliphatic hydroxyl groups excluding tert-OH is 2. The topological polar surface area (TPSA) is 95.6 Å². The van der Waals surface area contributed by atoms with Gasteiger partial charge in [0.1, 0.15) is 6.10 Å². The van der Waals surface area contributed by atoms with E-state index in [4.69, 9.17) is 5.73 Å². The van der Waals surface area contributed by atoms with E-state index in [9.17, 15) is 15.0 Å². The molecule has 0 aromatic heterocycles. The quantitative estimate of drug-likeness (QED) is 0.274. The van der Waals surface area contributed by atoms with Crippen molar-refractivity contribution < 1.29 is 15.0 Å². The van der Waals surface area contributed by atoms with Gasteiger partial charge in [0.25, 0.3) is 0 Å². The Kier molecular flexibility index (Phi) is 15.8. The zero-order valence-corrected chi connectivity index (χ0v) is 19.0. The van der Waals surface area contributed by atoms with E-state index in [2.05, 4.69) is 12.2 Å². The zero-order chi connectivity index (χ0) is 21.4. The van der Waals surface area contributed by atoms with Crippen molar-refractivity contribution in [3.63, 3.8) is 0 Å². The van der Waals surface area contributed by atoms with Gasteiger partial charge in [-0.1, -0.05) is 105 Å². The maximum absolute atomic E-state index is 12.1. The summed E-state index contributed by atoms with van der Waals surface area (Å²) in [6, 6.07) is -0.612. The SMILES string of the molecule is CCCCCCCCCCCCCC[C@H](O)[C@H](O)[C@H](CN)NC(=O)C(C)(C)C. The summed E-state index contributed by atoms with van der Waals surface area (Å²) in [6.07, 6.45) is 13.9. The Bertz CT molecular complexity index is 383. The van der Waals surface area contributed by atoms with Crippen LogP contribution in [0.4, 0.5) is 0 Å². The second-order valence-electron chi connectivity index (χ2n) is 9.30. The van der Waals surface area contributed by atoms with Crippen LogP contribution in [0.3, 0.4) is 0 Å². The van der Waals surface area contributed by atoms with Crippen molar-refractivity contribution in [3.05, 3.63) is 0 Å². The van der Waals surface area contributed by atoms with Gasteiger partial charge >= 0.3 is 0 Å². The third kappa shape index (κ3) is 13.5. The van der Waals surface area contributed by atoms with Crippen molar-refractivity contribution in [1.82, 2.24) is 5.32 Å². The number of rotatable bonds is 17. The lowest BCUT2D eigenvalue weighted by atomic mass is 9.93. The lowest BCUT2D eigenvalue weighted by Crippen LogP contribution is -2.54. The van der Waals surface area contributed by atoms with Gasteiger partial charge in [0.2, 0.25) is 5.91 Å². The first-order valence-corrected chi connectivity index (χ1v) is 11.6. The Morgan fingerprint density at radius 3 is 1.68 bits per heavy atom. The van der Waals surface area contributed by atoms with Gasteiger partial charge < -0.3 is 21.3 Å². The van der Waals surface area contributed by atoms with Crippen molar-refractivity contribution in [3.8, 4) is 0 Å². The average Bonchev–Trinajstić information content (AvgIpc) is 2.65. The minimum Gasteiger partial charge on any atom is -0.390 e. The van der Waals surface area contributed by atoms with Crippen molar-refractivity contribution >= 4 is 5.91 Å². The first kappa shape index (κ1) is 27.4. The van der Waals surface area contributed by atoms with E-state index in [-0.39, 0.29) is 12.5 Å². The highest BCUT2D eigenvalue weighted by Crippen LogP contribution is 2.16. The number of hydrogen-bond acceptors (Lipinski definition) is 4. The molecule has 5 nitrogen and oxygen atoms in total. The Morgan fingerprint density at radius 2 is 1.29 bits per heavy atom. The molecule has 0 rings (SSSR count). The zero-order valence-electron chi connectivity index (χ0n) is 19.0. The molecule has 168 valence electrons. The fourth-order valence-electron chi connectivity index (χ4n) is 3.30. The summed E-state index contributed by atoms with van der Waals surface area (Å²) in [6.45, 7) is 7.79. The van der Waals surface area contributed by atoms with Crippen molar-refractivity contribution in [1.29, 1.82) is 0 Å².